The molecular formula is C8H14N4O2. The Kier molecular flexibility index (Phi) is 3.47. The number of imidazole rings is 1. The van der Waals surface area contributed by atoms with E-state index < -0.39 is 0 Å². The molecular weight excluding hydrogens is 184 g/mol. The fraction of sp³-hybridized carbons (Fsp3) is 0.500. The third-order valence-electron chi connectivity index (χ3n) is 1.87. The fourth-order valence-corrected chi connectivity index (χ4v) is 1.03. The van der Waals surface area contributed by atoms with Crippen LogP contribution < -0.4 is 11.0 Å². The lowest BCUT2D eigenvalue weighted by Crippen LogP contribution is -2.33. The Morgan fingerprint density at radius 2 is 2.36 bits per heavy atom. The normalized spacial score (nSPS) is 10.1. The monoisotopic (exact) mass is 198 g/mol. The molecule has 3 N–H and O–H groups in total. The largest absolute Gasteiger partial charge is 0.339 e. The van der Waals surface area contributed by atoms with Gasteiger partial charge in [0.15, 0.2) is 0 Å². The van der Waals surface area contributed by atoms with Gasteiger partial charge < -0.3 is 20.2 Å². The highest BCUT2D eigenvalue weighted by Gasteiger charge is 2.12. The SMILES string of the molecule is CNCCN(C)C(=O)c1c[nH]c(=O)[nH]1. The molecule has 1 heterocycles. The summed E-state index contributed by atoms with van der Waals surface area (Å²) in [5.41, 5.74) is -0.0797. The summed E-state index contributed by atoms with van der Waals surface area (Å²) in [6.45, 7) is 1.32. The van der Waals surface area contributed by atoms with E-state index in [0.717, 1.165) is 6.54 Å². The summed E-state index contributed by atoms with van der Waals surface area (Å²) >= 11 is 0. The van der Waals surface area contributed by atoms with Crippen molar-refractivity contribution in [3.8, 4) is 0 Å². The highest BCUT2D eigenvalue weighted by atomic mass is 16.2. The Morgan fingerprint density at radius 1 is 1.64 bits per heavy atom. The van der Waals surface area contributed by atoms with Gasteiger partial charge in [-0.1, -0.05) is 0 Å². The second-order valence-electron chi connectivity index (χ2n) is 2.99. The zero-order valence-electron chi connectivity index (χ0n) is 8.26. The number of amides is 1. The number of rotatable bonds is 4. The Balaban J connectivity index is 2.61. The molecule has 1 aromatic rings. The van der Waals surface area contributed by atoms with Crippen LogP contribution in [0.1, 0.15) is 10.5 Å². The van der Waals surface area contributed by atoms with Crippen LogP contribution in [-0.4, -0.2) is 48.0 Å². The van der Waals surface area contributed by atoms with Crippen LogP contribution in [0.15, 0.2) is 11.0 Å². The van der Waals surface area contributed by atoms with E-state index in [9.17, 15) is 9.59 Å². The van der Waals surface area contributed by atoms with Crippen LogP contribution in [0, 0.1) is 0 Å². The maximum atomic E-state index is 11.6. The first-order valence-electron chi connectivity index (χ1n) is 4.33. The molecule has 1 amide bonds. The lowest BCUT2D eigenvalue weighted by atomic mass is 10.4. The van der Waals surface area contributed by atoms with E-state index in [-0.39, 0.29) is 17.3 Å². The summed E-state index contributed by atoms with van der Waals surface area (Å²) in [5, 5.41) is 2.94. The molecule has 0 unspecified atom stereocenters. The zero-order chi connectivity index (χ0) is 10.6. The van der Waals surface area contributed by atoms with Crippen molar-refractivity contribution in [1.29, 1.82) is 0 Å². The van der Waals surface area contributed by atoms with E-state index in [1.165, 1.54) is 11.1 Å². The topological polar surface area (TPSA) is 81.0 Å². The summed E-state index contributed by atoms with van der Waals surface area (Å²) in [6.07, 6.45) is 1.38. The number of hydrogen-bond donors (Lipinski definition) is 3. The van der Waals surface area contributed by atoms with Crippen LogP contribution >= 0.6 is 0 Å². The van der Waals surface area contributed by atoms with Crippen LogP contribution in [0.3, 0.4) is 0 Å². The summed E-state index contributed by atoms with van der Waals surface area (Å²) in [6, 6.07) is 0. The molecule has 6 nitrogen and oxygen atoms in total. The minimum absolute atomic E-state index is 0.196. The van der Waals surface area contributed by atoms with Gasteiger partial charge in [-0.3, -0.25) is 4.79 Å². The highest BCUT2D eigenvalue weighted by Crippen LogP contribution is 1.94. The molecule has 0 radical (unpaired) electrons. The van der Waals surface area contributed by atoms with Crippen molar-refractivity contribution in [1.82, 2.24) is 20.2 Å². The smallest absolute Gasteiger partial charge is 0.323 e. The van der Waals surface area contributed by atoms with Gasteiger partial charge in [-0.2, -0.15) is 0 Å². The second-order valence-corrected chi connectivity index (χ2v) is 2.99. The molecule has 0 bridgehead atoms. The summed E-state index contributed by atoms with van der Waals surface area (Å²) in [7, 11) is 3.50. The molecule has 6 heteroatoms. The number of carbonyl (C=O) groups excluding carboxylic acids is 1. The van der Waals surface area contributed by atoms with E-state index in [1.807, 2.05) is 7.05 Å². The lowest BCUT2D eigenvalue weighted by molar-refractivity contribution is 0.0791. The van der Waals surface area contributed by atoms with Gasteiger partial charge in [-0.05, 0) is 7.05 Å². The molecule has 0 fully saturated rings. The summed E-state index contributed by atoms with van der Waals surface area (Å²) in [4.78, 5) is 28.6. The van der Waals surface area contributed by atoms with E-state index in [0.29, 0.717) is 6.54 Å². The van der Waals surface area contributed by atoms with Gasteiger partial charge in [0.25, 0.3) is 5.91 Å². The second kappa shape index (κ2) is 4.61. The van der Waals surface area contributed by atoms with Crippen molar-refractivity contribution in [2.45, 2.75) is 0 Å². The molecule has 0 spiro atoms. The Hall–Kier alpha value is -1.56. The molecule has 1 aromatic heterocycles. The highest BCUT2D eigenvalue weighted by molar-refractivity contribution is 5.91. The molecule has 0 atom stereocenters. The fourth-order valence-electron chi connectivity index (χ4n) is 1.03. The van der Waals surface area contributed by atoms with Gasteiger partial charge in [0, 0.05) is 26.3 Å². The van der Waals surface area contributed by atoms with Crippen LogP contribution in [0.5, 0.6) is 0 Å². The molecule has 78 valence electrons. The number of nitrogens with zero attached hydrogens (tertiary/aromatic N) is 1. The van der Waals surface area contributed by atoms with Gasteiger partial charge in [-0.15, -0.1) is 0 Å². The molecule has 1 rings (SSSR count). The summed E-state index contributed by atoms with van der Waals surface area (Å²) < 4.78 is 0. The molecule has 0 saturated carbocycles. The maximum Gasteiger partial charge on any atom is 0.323 e. The third-order valence-corrected chi connectivity index (χ3v) is 1.87. The van der Waals surface area contributed by atoms with Crippen molar-refractivity contribution in [2.75, 3.05) is 27.2 Å². The number of carbonyl (C=O) groups is 1. The van der Waals surface area contributed by atoms with E-state index in [2.05, 4.69) is 15.3 Å². The van der Waals surface area contributed by atoms with Crippen molar-refractivity contribution < 1.29 is 4.79 Å². The molecule has 0 aliphatic carbocycles. The number of likely N-dealkylation sites (N-methyl/N-ethyl adjacent to an activating group) is 2. The first-order chi connectivity index (χ1) is 6.65. The van der Waals surface area contributed by atoms with Crippen molar-refractivity contribution in [3.05, 3.63) is 22.4 Å². The van der Waals surface area contributed by atoms with Crippen molar-refractivity contribution in [2.24, 2.45) is 0 Å². The predicted molar refractivity (Wildman–Crippen MR) is 52.3 cm³/mol. The number of H-pyrrole nitrogens is 2. The average Bonchev–Trinajstić information content (AvgIpc) is 2.60. The summed E-state index contributed by atoms with van der Waals surface area (Å²) in [5.74, 6) is -0.196. The molecule has 0 aromatic carbocycles. The van der Waals surface area contributed by atoms with Crippen LogP contribution in [0.4, 0.5) is 0 Å². The zero-order valence-corrected chi connectivity index (χ0v) is 8.26. The standard InChI is InChI=1S/C8H14N4O2/c1-9-3-4-12(2)7(13)6-5-10-8(14)11-6/h5,9H,3-4H2,1-2H3,(H2,10,11,14). The molecule has 0 aliphatic rings. The number of nitrogens with one attached hydrogen (secondary N) is 3. The van der Waals surface area contributed by atoms with Gasteiger partial charge in [0.2, 0.25) is 0 Å². The van der Waals surface area contributed by atoms with Gasteiger partial charge in [0.1, 0.15) is 5.69 Å². The number of aromatic nitrogens is 2. The maximum absolute atomic E-state index is 11.6. The number of hydrogen-bond acceptors (Lipinski definition) is 3. The van der Waals surface area contributed by atoms with E-state index >= 15 is 0 Å². The molecule has 0 saturated heterocycles. The first kappa shape index (κ1) is 10.5. The molecule has 14 heavy (non-hydrogen) atoms. The minimum Gasteiger partial charge on any atom is -0.339 e. The Labute approximate surface area is 81.3 Å². The van der Waals surface area contributed by atoms with Crippen LogP contribution in [-0.2, 0) is 0 Å². The van der Waals surface area contributed by atoms with Crippen molar-refractivity contribution >= 4 is 5.91 Å². The van der Waals surface area contributed by atoms with Gasteiger partial charge >= 0.3 is 5.69 Å². The first-order valence-corrected chi connectivity index (χ1v) is 4.33. The van der Waals surface area contributed by atoms with Crippen LogP contribution in [0.2, 0.25) is 0 Å². The minimum atomic E-state index is -0.365. The Morgan fingerprint density at radius 3 is 2.86 bits per heavy atom. The molecule has 0 aliphatic heterocycles. The van der Waals surface area contributed by atoms with Crippen LogP contribution in [0.25, 0.3) is 0 Å². The van der Waals surface area contributed by atoms with Gasteiger partial charge in [0.05, 0.1) is 0 Å². The lowest BCUT2D eigenvalue weighted by Gasteiger charge is -2.15. The average molecular weight is 198 g/mol. The third kappa shape index (κ3) is 2.46. The number of aromatic amines is 2. The quantitative estimate of drug-likeness (QED) is 0.580. The predicted octanol–water partition coefficient (Wildman–Crippen LogP) is -1.01. The Bertz CT molecular complexity index is 354. The van der Waals surface area contributed by atoms with E-state index in [4.69, 9.17) is 0 Å². The van der Waals surface area contributed by atoms with Crippen molar-refractivity contribution in [3.63, 3.8) is 0 Å². The van der Waals surface area contributed by atoms with E-state index in [1.54, 1.807) is 7.05 Å². The van der Waals surface area contributed by atoms with Gasteiger partial charge in [-0.25, -0.2) is 4.79 Å².